The summed E-state index contributed by atoms with van der Waals surface area (Å²) in [5, 5.41) is 10.3. The quantitative estimate of drug-likeness (QED) is 0.0392. The Kier molecular flexibility index (Phi) is 32.2. The van der Waals surface area contributed by atoms with Crippen LogP contribution in [-0.2, 0) is 24.4 Å². The largest absolute Gasteiger partial charge is 0.490 e. The van der Waals surface area contributed by atoms with Crippen LogP contribution in [0.4, 0.5) is 0 Å². The zero-order chi connectivity index (χ0) is 75.1. The molecule has 0 spiro atoms. The van der Waals surface area contributed by atoms with Crippen LogP contribution in [0.2, 0.25) is 0 Å². The Balaban J connectivity index is 0.000000153. The van der Waals surface area contributed by atoms with Gasteiger partial charge in [-0.3, -0.25) is 14.6 Å². The van der Waals surface area contributed by atoms with Crippen molar-refractivity contribution in [3.05, 3.63) is 251 Å². The topological polar surface area (TPSA) is 152 Å². The molecule has 0 bridgehead atoms. The number of pyridine rings is 1. The number of ether oxygens (including phenoxy) is 4. The number of aromatic amines is 1. The van der Waals surface area contributed by atoms with Crippen molar-refractivity contribution in [2.24, 2.45) is 47.3 Å². The van der Waals surface area contributed by atoms with Crippen LogP contribution in [0.15, 0.2) is 207 Å². The van der Waals surface area contributed by atoms with Gasteiger partial charge in [0.15, 0.2) is 0 Å². The van der Waals surface area contributed by atoms with Crippen LogP contribution in [0, 0.1) is 75.0 Å². The van der Waals surface area contributed by atoms with Crippen molar-refractivity contribution in [1.82, 2.24) is 35.8 Å². The Morgan fingerprint density at radius 1 is 0.449 bits per heavy atom. The lowest BCUT2D eigenvalue weighted by Gasteiger charge is -2.35. The fourth-order valence-corrected chi connectivity index (χ4v) is 16.3. The number of aryl methyl sites for hydroxylation is 4. The summed E-state index contributed by atoms with van der Waals surface area (Å²) >= 11 is 0. The predicted molar refractivity (Wildman–Crippen MR) is 437 cm³/mol. The SMILES string of the molecule is CC(=O)N(Cc1ccccc1)CC(C)C1CCC[C@@H](Oc2cccc(C)c2)C1.Cc1cccc(O[C@@H]2CCCC(C(C)CNC(=O)c3ccccc3)C2)c1.Cc1cccc(O[C@@H]2CCCC(C(C)CNCc3ccc4nc[nH]c4c3)C2)c1.Cc1cccc(O[C@@H]2CCCC(C(C)CNCc3ccccn3)C2)c1. The lowest BCUT2D eigenvalue weighted by molar-refractivity contribution is -0.130. The van der Waals surface area contributed by atoms with Crippen molar-refractivity contribution < 1.29 is 28.5 Å². The predicted octanol–water partition coefficient (Wildman–Crippen LogP) is 20.6. The summed E-state index contributed by atoms with van der Waals surface area (Å²) in [5.74, 6) is 9.04. The second kappa shape index (κ2) is 42.7. The summed E-state index contributed by atoms with van der Waals surface area (Å²) in [6.45, 7) is 25.4. The second-order valence-electron chi connectivity index (χ2n) is 31.6. The first-order valence-corrected chi connectivity index (χ1v) is 40.3. The van der Waals surface area contributed by atoms with Crippen LogP contribution < -0.4 is 34.9 Å². The molecule has 8 unspecified atom stereocenters. The number of amides is 2. The minimum absolute atomic E-state index is 0.0146. The lowest BCUT2D eigenvalue weighted by atomic mass is 9.79. The van der Waals surface area contributed by atoms with Gasteiger partial charge in [-0.25, -0.2) is 4.98 Å². The van der Waals surface area contributed by atoms with Gasteiger partial charge >= 0.3 is 0 Å². The van der Waals surface area contributed by atoms with E-state index in [1.54, 1.807) is 13.3 Å². The van der Waals surface area contributed by atoms with Gasteiger partial charge in [-0.05, 0) is 309 Å². The number of nitrogens with one attached hydrogen (secondary N) is 4. The van der Waals surface area contributed by atoms with E-state index in [0.717, 1.165) is 128 Å². The molecule has 2 aromatic heterocycles. The van der Waals surface area contributed by atoms with E-state index >= 15 is 0 Å². The van der Waals surface area contributed by atoms with Gasteiger partial charge in [-0.1, -0.05) is 137 Å². The molecule has 0 radical (unpaired) electrons. The van der Waals surface area contributed by atoms with Crippen LogP contribution >= 0.6 is 0 Å². The number of aromatic nitrogens is 3. The molecule has 4 N–H and O–H groups in total. The number of H-pyrrole nitrogens is 1. The lowest BCUT2D eigenvalue weighted by Crippen LogP contribution is -2.37. The van der Waals surface area contributed by atoms with Gasteiger partial charge in [-0.2, -0.15) is 0 Å². The highest BCUT2D eigenvalue weighted by molar-refractivity contribution is 5.94. The maximum Gasteiger partial charge on any atom is 0.251 e. The molecule has 0 aliphatic heterocycles. The molecule has 107 heavy (non-hydrogen) atoms. The molecule has 4 aliphatic rings. The van der Waals surface area contributed by atoms with E-state index in [2.05, 4.69) is 208 Å². The number of carbonyl (C=O) groups excluding carboxylic acids is 2. The molecule has 4 aliphatic carbocycles. The first-order valence-electron chi connectivity index (χ1n) is 40.3. The summed E-state index contributed by atoms with van der Waals surface area (Å²) in [6.07, 6.45) is 24.0. The molecular weight excluding hydrogens is 1320 g/mol. The van der Waals surface area contributed by atoms with Gasteiger partial charge in [0.1, 0.15) is 23.0 Å². The Bertz CT molecular complexity index is 4060. The summed E-state index contributed by atoms with van der Waals surface area (Å²) in [5.41, 5.74) is 11.4. The molecule has 13 rings (SSSR count). The smallest absolute Gasteiger partial charge is 0.251 e. The molecule has 570 valence electrons. The number of imidazole rings is 1. The maximum absolute atomic E-state index is 12.2. The minimum Gasteiger partial charge on any atom is -0.490 e. The minimum atomic E-state index is 0.0146. The van der Waals surface area contributed by atoms with Crippen LogP contribution in [0.3, 0.4) is 0 Å². The Morgan fingerprint density at radius 3 is 1.32 bits per heavy atom. The van der Waals surface area contributed by atoms with E-state index in [4.69, 9.17) is 18.9 Å². The van der Waals surface area contributed by atoms with Crippen LogP contribution in [0.25, 0.3) is 11.0 Å². The fraction of sp³-hybridized carbons (Fsp3) is 0.468. The van der Waals surface area contributed by atoms with Crippen molar-refractivity contribution in [3.8, 4) is 23.0 Å². The van der Waals surface area contributed by atoms with E-state index in [1.807, 2.05) is 83.9 Å². The highest BCUT2D eigenvalue weighted by Crippen LogP contribution is 2.37. The van der Waals surface area contributed by atoms with Gasteiger partial charge in [0.05, 0.1) is 47.5 Å². The molecule has 7 aromatic carbocycles. The molecule has 12 atom stereocenters. The van der Waals surface area contributed by atoms with Crippen molar-refractivity contribution >= 4 is 22.8 Å². The van der Waals surface area contributed by atoms with Crippen LogP contribution in [-0.4, -0.2) is 82.3 Å². The molecule has 4 saturated carbocycles. The highest BCUT2D eigenvalue weighted by Gasteiger charge is 2.32. The Labute approximate surface area is 640 Å². The average Bonchev–Trinajstić information content (AvgIpc) is 1.31. The maximum atomic E-state index is 12.2. The van der Waals surface area contributed by atoms with Crippen molar-refractivity contribution in [3.63, 3.8) is 0 Å². The van der Waals surface area contributed by atoms with E-state index < -0.39 is 0 Å². The molecule has 0 saturated heterocycles. The highest BCUT2D eigenvalue weighted by atomic mass is 16.5. The number of nitrogens with zero attached hydrogens (tertiary/aromatic N) is 3. The third-order valence-electron chi connectivity index (χ3n) is 22.6. The van der Waals surface area contributed by atoms with E-state index in [0.29, 0.717) is 54.3 Å². The monoisotopic (exact) mass is 1450 g/mol. The van der Waals surface area contributed by atoms with Gasteiger partial charge in [-0.15, -0.1) is 0 Å². The number of benzene rings is 7. The summed E-state index contributed by atoms with van der Waals surface area (Å²) in [7, 11) is 0. The number of rotatable bonds is 27. The van der Waals surface area contributed by atoms with E-state index in [9.17, 15) is 9.59 Å². The molecule has 2 amide bonds. The number of carbonyl (C=O) groups is 2. The van der Waals surface area contributed by atoms with Crippen LogP contribution in [0.1, 0.15) is 187 Å². The van der Waals surface area contributed by atoms with Gasteiger partial charge in [0.25, 0.3) is 5.91 Å². The molecular formula is C94H123N7O6. The number of hydrogen-bond donors (Lipinski definition) is 4. The first-order chi connectivity index (χ1) is 52.0. The molecule has 13 nitrogen and oxygen atoms in total. The van der Waals surface area contributed by atoms with Crippen molar-refractivity contribution in [1.29, 1.82) is 0 Å². The second-order valence-corrected chi connectivity index (χ2v) is 31.6. The van der Waals surface area contributed by atoms with Gasteiger partial charge < -0.3 is 44.8 Å². The molecule has 4 fully saturated rings. The first kappa shape index (κ1) is 80.8. The Morgan fingerprint density at radius 2 is 0.879 bits per heavy atom. The third kappa shape index (κ3) is 27.4. The molecule has 9 aromatic rings. The zero-order valence-corrected chi connectivity index (χ0v) is 65.6. The zero-order valence-electron chi connectivity index (χ0n) is 65.6. The Hall–Kier alpha value is -8.78. The van der Waals surface area contributed by atoms with Crippen LogP contribution in [0.5, 0.6) is 23.0 Å². The van der Waals surface area contributed by atoms with Crippen molar-refractivity contribution in [2.75, 3.05) is 26.2 Å². The van der Waals surface area contributed by atoms with E-state index in [-0.39, 0.29) is 24.0 Å². The number of hydrogen-bond acceptors (Lipinski definition) is 10. The molecule has 13 heteroatoms. The summed E-state index contributed by atoms with van der Waals surface area (Å²) in [6, 6.07) is 65.6. The normalized spacial score (nSPS) is 21.0. The third-order valence-corrected chi connectivity index (χ3v) is 22.6. The van der Waals surface area contributed by atoms with E-state index in [1.165, 1.54) is 104 Å². The molecule has 2 heterocycles. The van der Waals surface area contributed by atoms with Gasteiger partial charge in [0, 0.05) is 51.4 Å². The van der Waals surface area contributed by atoms with Crippen molar-refractivity contribution in [2.45, 2.75) is 209 Å². The summed E-state index contributed by atoms with van der Waals surface area (Å²) in [4.78, 5) is 38.3. The average molecular weight is 1450 g/mol. The summed E-state index contributed by atoms with van der Waals surface area (Å²) < 4.78 is 25.1. The fourth-order valence-electron chi connectivity index (χ4n) is 16.3. The standard InChI is InChI=1S/C25H33NO2.C24H31N3O.C23H29NO2.C22H30N2O/c1-19-9-7-13-24(15-19)28-25-14-8-12-23(16-25)20(2)17-26(21(3)27)18-22-10-5-4-6-11-22;1-17-5-3-7-21(11-17)28-22-8-4-6-20(13-22)18(2)14-25-15-19-9-10-23-24(12-19)27-16-26-23;1-17-8-6-12-21(14-17)26-22-13-7-11-20(15-22)18(2)16-24-23(25)19-9-4-3-5-10-19;1-17-7-5-10-21(13-17)25-22-11-6-8-19(14-22)18(2)15-23-16-20-9-3-4-12-24-20/h4-7,9-11,13,15,20,23,25H,8,12,14,16-18H2,1-3H3;3,5,7,9-12,16,18,20,22,25H,4,6,8,13-15H2,1-2H3,(H,26,27);3-6,8-10,12,14,18,20,22H,7,11,13,15-16H2,1-2H3,(H,24,25);3-5,7,9-10,12-13,18-19,22-23H,6,8,11,14-16H2,1-2H3/t20?,23?,25-;2*18?,20?,22-;18?,19?,22-/m1111/s1. The number of fused-ring (bicyclic) bond motifs is 1. The van der Waals surface area contributed by atoms with Gasteiger partial charge in [0.2, 0.25) is 5.91 Å².